The average Bonchev–Trinajstić information content (AvgIpc) is 2.77. The number of carbonyl (C=O) groups excluding carboxylic acids is 1. The van der Waals surface area contributed by atoms with Gasteiger partial charge in [-0.3, -0.25) is 4.79 Å². The third kappa shape index (κ3) is 6.73. The van der Waals surface area contributed by atoms with Gasteiger partial charge in [0.1, 0.15) is 6.33 Å². The van der Waals surface area contributed by atoms with Gasteiger partial charge in [-0.05, 0) is 18.3 Å². The van der Waals surface area contributed by atoms with Gasteiger partial charge in [0.25, 0.3) is 0 Å². The maximum atomic E-state index is 11.7. The highest BCUT2D eigenvalue weighted by Gasteiger charge is 2.16. The molecule has 8 heteroatoms. The molecule has 1 atom stereocenters. The van der Waals surface area contributed by atoms with Crippen LogP contribution >= 0.6 is 0 Å². The van der Waals surface area contributed by atoms with E-state index < -0.39 is 5.97 Å². The molecule has 1 aromatic rings. The number of nitrogens with one attached hydrogen (secondary N) is 2. The van der Waals surface area contributed by atoms with Crippen LogP contribution in [0, 0.1) is 11.8 Å². The van der Waals surface area contributed by atoms with Gasteiger partial charge in [0.2, 0.25) is 0 Å². The molecule has 0 saturated carbocycles. The number of carboxylic acid groups (broad SMARTS) is 1. The maximum Gasteiger partial charge on any atom is 0.315 e. The van der Waals surface area contributed by atoms with Gasteiger partial charge in [-0.1, -0.05) is 13.8 Å². The van der Waals surface area contributed by atoms with Crippen LogP contribution in [0.4, 0.5) is 4.79 Å². The zero-order valence-electron chi connectivity index (χ0n) is 12.7. The van der Waals surface area contributed by atoms with Crippen molar-refractivity contribution in [3.05, 3.63) is 12.2 Å². The predicted molar refractivity (Wildman–Crippen MR) is 76.4 cm³/mol. The fraction of sp³-hybridized carbons (Fsp3) is 0.692. The molecule has 0 aliphatic rings. The Bertz CT molecular complexity index is 472. The first-order chi connectivity index (χ1) is 9.88. The topological polar surface area (TPSA) is 109 Å². The molecule has 0 aliphatic heterocycles. The number of carboxylic acids is 1. The molecule has 118 valence electrons. The number of hydrogen-bond donors (Lipinski definition) is 3. The van der Waals surface area contributed by atoms with Gasteiger partial charge in [-0.25, -0.2) is 4.79 Å². The van der Waals surface area contributed by atoms with Crippen molar-refractivity contribution in [1.82, 2.24) is 25.4 Å². The standard InChI is InChI=1S/C13H23N5O3/c1-9(2)4-10(5-12(19)20)6-14-13(21)15-7-11-17-16-8-18(11)3/h8-10H,4-7H2,1-3H3,(H,19,20)(H2,14,15,21)/t10-/m0/s1. The van der Waals surface area contributed by atoms with Crippen LogP contribution in [0.25, 0.3) is 0 Å². The molecule has 0 unspecified atom stereocenters. The molecule has 0 spiro atoms. The molecule has 1 aromatic heterocycles. The number of urea groups is 1. The monoisotopic (exact) mass is 297 g/mol. The van der Waals surface area contributed by atoms with Gasteiger partial charge in [-0.15, -0.1) is 10.2 Å². The summed E-state index contributed by atoms with van der Waals surface area (Å²) in [6.07, 6.45) is 2.37. The van der Waals surface area contributed by atoms with Crippen LogP contribution < -0.4 is 10.6 Å². The summed E-state index contributed by atoms with van der Waals surface area (Å²) in [6, 6.07) is -0.336. The Hall–Kier alpha value is -2.12. The number of aryl methyl sites for hydroxylation is 1. The highest BCUT2D eigenvalue weighted by molar-refractivity contribution is 5.73. The van der Waals surface area contributed by atoms with Crippen molar-refractivity contribution in [3.8, 4) is 0 Å². The van der Waals surface area contributed by atoms with E-state index in [-0.39, 0.29) is 24.9 Å². The van der Waals surface area contributed by atoms with E-state index in [2.05, 4.69) is 20.8 Å². The second-order valence-corrected chi connectivity index (χ2v) is 5.52. The Balaban J connectivity index is 2.35. The summed E-state index contributed by atoms with van der Waals surface area (Å²) in [5.74, 6) is 0.122. The molecule has 2 amide bonds. The number of nitrogens with zero attached hydrogens (tertiary/aromatic N) is 3. The summed E-state index contributed by atoms with van der Waals surface area (Å²) in [5, 5.41) is 21.8. The molecule has 0 bridgehead atoms. The average molecular weight is 297 g/mol. The van der Waals surface area contributed by atoms with E-state index in [9.17, 15) is 9.59 Å². The number of carbonyl (C=O) groups is 2. The Morgan fingerprint density at radius 1 is 1.38 bits per heavy atom. The summed E-state index contributed by atoms with van der Waals surface area (Å²) >= 11 is 0. The molecule has 0 aliphatic carbocycles. The van der Waals surface area contributed by atoms with Crippen LogP contribution in [0.3, 0.4) is 0 Å². The first-order valence-electron chi connectivity index (χ1n) is 6.94. The van der Waals surface area contributed by atoms with Gasteiger partial charge < -0.3 is 20.3 Å². The normalized spacial score (nSPS) is 12.2. The number of aromatic nitrogens is 3. The summed E-state index contributed by atoms with van der Waals surface area (Å²) in [4.78, 5) is 22.5. The first-order valence-corrected chi connectivity index (χ1v) is 6.94. The first kappa shape index (κ1) is 16.9. The van der Waals surface area contributed by atoms with Crippen molar-refractivity contribution < 1.29 is 14.7 Å². The van der Waals surface area contributed by atoms with E-state index >= 15 is 0 Å². The Morgan fingerprint density at radius 2 is 2.10 bits per heavy atom. The minimum absolute atomic E-state index is 0.0573. The van der Waals surface area contributed by atoms with Crippen LogP contribution in [0.2, 0.25) is 0 Å². The highest BCUT2D eigenvalue weighted by atomic mass is 16.4. The minimum Gasteiger partial charge on any atom is -0.481 e. The van der Waals surface area contributed by atoms with Crippen LogP contribution in [0.5, 0.6) is 0 Å². The van der Waals surface area contributed by atoms with Gasteiger partial charge in [0.15, 0.2) is 5.82 Å². The van der Waals surface area contributed by atoms with E-state index in [1.54, 1.807) is 17.9 Å². The second kappa shape index (κ2) is 8.23. The van der Waals surface area contributed by atoms with Gasteiger partial charge in [0, 0.05) is 20.0 Å². The lowest BCUT2D eigenvalue weighted by molar-refractivity contribution is -0.138. The van der Waals surface area contributed by atoms with Crippen molar-refractivity contribution in [3.63, 3.8) is 0 Å². The molecule has 0 radical (unpaired) electrons. The molecule has 0 fully saturated rings. The summed E-state index contributed by atoms with van der Waals surface area (Å²) < 4.78 is 1.71. The summed E-state index contributed by atoms with van der Waals surface area (Å²) in [7, 11) is 1.79. The van der Waals surface area contributed by atoms with Crippen LogP contribution in [-0.4, -0.2) is 38.4 Å². The largest absolute Gasteiger partial charge is 0.481 e. The van der Waals surface area contributed by atoms with E-state index in [0.29, 0.717) is 18.3 Å². The Morgan fingerprint density at radius 3 is 2.62 bits per heavy atom. The Kier molecular flexibility index (Phi) is 6.64. The lowest BCUT2D eigenvalue weighted by Gasteiger charge is -2.18. The number of aliphatic carboxylic acids is 1. The molecule has 0 saturated heterocycles. The van der Waals surface area contributed by atoms with Gasteiger partial charge >= 0.3 is 12.0 Å². The predicted octanol–water partition coefficient (Wildman–Crippen LogP) is 0.751. The molecule has 0 aromatic carbocycles. The fourth-order valence-corrected chi connectivity index (χ4v) is 2.08. The van der Waals surface area contributed by atoms with Gasteiger partial charge in [0.05, 0.1) is 6.54 Å². The van der Waals surface area contributed by atoms with Crippen LogP contribution in [0.1, 0.15) is 32.5 Å². The molecular formula is C13H23N5O3. The summed E-state index contributed by atoms with van der Waals surface area (Å²) in [5.41, 5.74) is 0. The van der Waals surface area contributed by atoms with E-state index in [1.807, 2.05) is 13.8 Å². The van der Waals surface area contributed by atoms with Crippen LogP contribution in [0.15, 0.2) is 6.33 Å². The van der Waals surface area contributed by atoms with Crippen molar-refractivity contribution in [1.29, 1.82) is 0 Å². The van der Waals surface area contributed by atoms with Gasteiger partial charge in [-0.2, -0.15) is 0 Å². The lowest BCUT2D eigenvalue weighted by Crippen LogP contribution is -2.39. The van der Waals surface area contributed by atoms with Crippen molar-refractivity contribution in [2.45, 2.75) is 33.2 Å². The zero-order valence-corrected chi connectivity index (χ0v) is 12.7. The SMILES string of the molecule is CC(C)C[C@H](CNC(=O)NCc1nncn1C)CC(=O)O. The lowest BCUT2D eigenvalue weighted by atomic mass is 9.94. The van der Waals surface area contributed by atoms with Crippen LogP contribution in [-0.2, 0) is 18.4 Å². The fourth-order valence-electron chi connectivity index (χ4n) is 2.08. The molecular weight excluding hydrogens is 274 g/mol. The molecule has 21 heavy (non-hydrogen) atoms. The molecule has 1 rings (SSSR count). The highest BCUT2D eigenvalue weighted by Crippen LogP contribution is 2.14. The molecule has 1 heterocycles. The van der Waals surface area contributed by atoms with E-state index in [0.717, 1.165) is 6.42 Å². The van der Waals surface area contributed by atoms with Crippen molar-refractivity contribution in [2.24, 2.45) is 18.9 Å². The van der Waals surface area contributed by atoms with Crippen molar-refractivity contribution >= 4 is 12.0 Å². The Labute approximate surface area is 123 Å². The number of rotatable bonds is 8. The van der Waals surface area contributed by atoms with E-state index in [4.69, 9.17) is 5.11 Å². The minimum atomic E-state index is -0.845. The smallest absolute Gasteiger partial charge is 0.315 e. The second-order valence-electron chi connectivity index (χ2n) is 5.52. The molecule has 3 N–H and O–H groups in total. The quantitative estimate of drug-likeness (QED) is 0.656. The third-order valence-corrected chi connectivity index (χ3v) is 3.03. The third-order valence-electron chi connectivity index (χ3n) is 3.03. The van der Waals surface area contributed by atoms with E-state index in [1.165, 1.54) is 0 Å². The maximum absolute atomic E-state index is 11.7. The summed E-state index contributed by atoms with van der Waals surface area (Å²) in [6.45, 7) is 4.68. The van der Waals surface area contributed by atoms with Crippen molar-refractivity contribution in [2.75, 3.05) is 6.54 Å². The molecule has 8 nitrogen and oxygen atoms in total. The number of amides is 2. The zero-order chi connectivity index (χ0) is 15.8. The number of hydrogen-bond acceptors (Lipinski definition) is 4.